The Bertz CT molecular complexity index is 1000. The van der Waals surface area contributed by atoms with Gasteiger partial charge in [-0.05, 0) is 36.1 Å². The molecule has 0 saturated carbocycles. The van der Waals surface area contributed by atoms with Crippen molar-refractivity contribution in [2.24, 2.45) is 0 Å². The molecule has 0 aliphatic heterocycles. The highest BCUT2D eigenvalue weighted by molar-refractivity contribution is 5.95. The van der Waals surface area contributed by atoms with Gasteiger partial charge in [-0.1, -0.05) is 29.5 Å². The lowest BCUT2D eigenvalue weighted by Crippen LogP contribution is -1.98. The van der Waals surface area contributed by atoms with Crippen LogP contribution in [0.1, 0.15) is 5.56 Å². The Morgan fingerprint density at radius 1 is 1.09 bits per heavy atom. The summed E-state index contributed by atoms with van der Waals surface area (Å²) < 4.78 is 15.5. The molecule has 4 aromatic rings. The summed E-state index contributed by atoms with van der Waals surface area (Å²) >= 11 is 0. The second-order valence-corrected chi connectivity index (χ2v) is 5.41. The third-order valence-corrected chi connectivity index (χ3v) is 3.80. The lowest BCUT2D eigenvalue weighted by molar-refractivity contribution is 0.606. The van der Waals surface area contributed by atoms with Gasteiger partial charge in [0.1, 0.15) is 17.2 Å². The molecule has 0 amide bonds. The van der Waals surface area contributed by atoms with Crippen LogP contribution in [0, 0.1) is 12.7 Å². The fraction of sp³-hybridized carbons (Fsp3) is 0.0556. The largest absolute Gasteiger partial charge is 0.264 e. The number of aryl methyl sites for hydroxylation is 1. The van der Waals surface area contributed by atoms with Gasteiger partial charge in [0.25, 0.3) is 0 Å². The maximum absolute atomic E-state index is 14.0. The number of hydrogen-bond donors (Lipinski definition) is 0. The molecule has 0 spiro atoms. The van der Waals surface area contributed by atoms with Crippen LogP contribution in [0.5, 0.6) is 0 Å². The zero-order valence-corrected chi connectivity index (χ0v) is 12.4. The molecular formula is C18H13FN4. The third-order valence-electron chi connectivity index (χ3n) is 3.80. The number of hydrogen-bond acceptors (Lipinski definition) is 3. The predicted molar refractivity (Wildman–Crippen MR) is 86.8 cm³/mol. The van der Waals surface area contributed by atoms with Crippen LogP contribution < -0.4 is 0 Å². The highest BCUT2D eigenvalue weighted by Crippen LogP contribution is 2.27. The summed E-state index contributed by atoms with van der Waals surface area (Å²) in [6, 6.07) is 12.8. The highest BCUT2D eigenvalue weighted by Gasteiger charge is 2.11. The predicted octanol–water partition coefficient (Wildman–Crippen LogP) is 3.93. The SMILES string of the molecule is Cc1ccc(F)c(-n2cc(-c3cccc4cnccc34)nn2)c1. The summed E-state index contributed by atoms with van der Waals surface area (Å²) in [5, 5.41) is 10.4. The molecule has 112 valence electrons. The first-order valence-corrected chi connectivity index (χ1v) is 7.24. The number of aromatic nitrogens is 4. The number of benzene rings is 2. The number of halogens is 1. The van der Waals surface area contributed by atoms with Crippen LogP contribution in [0.25, 0.3) is 27.7 Å². The van der Waals surface area contributed by atoms with Crippen LogP contribution in [0.2, 0.25) is 0 Å². The molecule has 2 heterocycles. The topological polar surface area (TPSA) is 43.6 Å². The zero-order valence-electron chi connectivity index (χ0n) is 12.4. The summed E-state index contributed by atoms with van der Waals surface area (Å²) in [5.41, 5.74) is 3.01. The maximum atomic E-state index is 14.0. The van der Waals surface area contributed by atoms with Crippen molar-refractivity contribution in [2.45, 2.75) is 6.92 Å². The number of fused-ring (bicyclic) bond motifs is 1. The van der Waals surface area contributed by atoms with Gasteiger partial charge in [0, 0.05) is 23.3 Å². The van der Waals surface area contributed by atoms with E-state index in [1.165, 1.54) is 10.7 Å². The minimum Gasteiger partial charge on any atom is -0.264 e. The number of rotatable bonds is 2. The van der Waals surface area contributed by atoms with Crippen molar-refractivity contribution in [2.75, 3.05) is 0 Å². The van der Waals surface area contributed by atoms with E-state index in [4.69, 9.17) is 0 Å². The van der Waals surface area contributed by atoms with Crippen molar-refractivity contribution in [1.29, 1.82) is 0 Å². The molecule has 0 aliphatic rings. The Hall–Kier alpha value is -3.08. The minimum absolute atomic E-state index is 0.325. The molecule has 0 aliphatic carbocycles. The van der Waals surface area contributed by atoms with E-state index in [0.29, 0.717) is 11.4 Å². The smallest absolute Gasteiger partial charge is 0.148 e. The van der Waals surface area contributed by atoms with Crippen LogP contribution in [0.3, 0.4) is 0 Å². The molecule has 0 unspecified atom stereocenters. The average Bonchev–Trinajstić information content (AvgIpc) is 3.06. The van der Waals surface area contributed by atoms with E-state index in [-0.39, 0.29) is 5.82 Å². The summed E-state index contributed by atoms with van der Waals surface area (Å²) in [6.45, 7) is 1.92. The molecule has 0 bridgehead atoms. The van der Waals surface area contributed by atoms with Gasteiger partial charge < -0.3 is 0 Å². The average molecular weight is 304 g/mol. The van der Waals surface area contributed by atoms with Gasteiger partial charge in [-0.3, -0.25) is 4.98 Å². The number of nitrogens with zero attached hydrogens (tertiary/aromatic N) is 4. The maximum Gasteiger partial charge on any atom is 0.148 e. The van der Waals surface area contributed by atoms with Crippen LogP contribution in [-0.4, -0.2) is 20.0 Å². The van der Waals surface area contributed by atoms with Gasteiger partial charge >= 0.3 is 0 Å². The second kappa shape index (κ2) is 5.28. The number of pyridine rings is 1. The van der Waals surface area contributed by atoms with E-state index in [1.807, 2.05) is 37.4 Å². The van der Waals surface area contributed by atoms with Crippen molar-refractivity contribution in [3.63, 3.8) is 0 Å². The first-order chi connectivity index (χ1) is 11.2. The monoisotopic (exact) mass is 304 g/mol. The van der Waals surface area contributed by atoms with Gasteiger partial charge in [0.05, 0.1) is 6.20 Å². The molecule has 2 aromatic carbocycles. The fourth-order valence-electron chi connectivity index (χ4n) is 2.65. The van der Waals surface area contributed by atoms with Crippen molar-refractivity contribution in [1.82, 2.24) is 20.0 Å². The molecule has 0 radical (unpaired) electrons. The van der Waals surface area contributed by atoms with Gasteiger partial charge in [-0.15, -0.1) is 5.10 Å². The van der Waals surface area contributed by atoms with Crippen molar-refractivity contribution < 1.29 is 4.39 Å². The Morgan fingerprint density at radius 2 is 2.00 bits per heavy atom. The van der Waals surface area contributed by atoms with Gasteiger partial charge in [-0.2, -0.15) is 0 Å². The normalized spacial score (nSPS) is 11.0. The molecule has 0 N–H and O–H groups in total. The van der Waals surface area contributed by atoms with Gasteiger partial charge in [0.2, 0.25) is 0 Å². The van der Waals surface area contributed by atoms with Crippen LogP contribution in [-0.2, 0) is 0 Å². The van der Waals surface area contributed by atoms with Crippen LogP contribution >= 0.6 is 0 Å². The highest BCUT2D eigenvalue weighted by atomic mass is 19.1. The fourth-order valence-corrected chi connectivity index (χ4v) is 2.65. The Kier molecular flexibility index (Phi) is 3.12. The van der Waals surface area contributed by atoms with E-state index in [0.717, 1.165) is 21.9 Å². The molecule has 0 saturated heterocycles. The first-order valence-electron chi connectivity index (χ1n) is 7.24. The molecule has 0 atom stereocenters. The van der Waals surface area contributed by atoms with Crippen molar-refractivity contribution in [3.8, 4) is 16.9 Å². The molecule has 4 rings (SSSR count). The minimum atomic E-state index is -0.325. The van der Waals surface area contributed by atoms with Gasteiger partial charge in [-0.25, -0.2) is 9.07 Å². The van der Waals surface area contributed by atoms with E-state index in [9.17, 15) is 4.39 Å². The third kappa shape index (κ3) is 2.36. The summed E-state index contributed by atoms with van der Waals surface area (Å²) in [6.07, 6.45) is 5.30. The van der Waals surface area contributed by atoms with E-state index >= 15 is 0 Å². The molecular weight excluding hydrogens is 291 g/mol. The van der Waals surface area contributed by atoms with Gasteiger partial charge in [0.15, 0.2) is 0 Å². The lowest BCUT2D eigenvalue weighted by Gasteiger charge is -2.04. The molecule has 4 nitrogen and oxygen atoms in total. The van der Waals surface area contributed by atoms with E-state index < -0.39 is 0 Å². The quantitative estimate of drug-likeness (QED) is 0.563. The summed E-state index contributed by atoms with van der Waals surface area (Å²) in [4.78, 5) is 4.13. The van der Waals surface area contributed by atoms with Crippen molar-refractivity contribution >= 4 is 10.8 Å². The lowest BCUT2D eigenvalue weighted by atomic mass is 10.0. The summed E-state index contributed by atoms with van der Waals surface area (Å²) in [5.74, 6) is -0.325. The molecule has 5 heteroatoms. The molecule has 0 fully saturated rings. The van der Waals surface area contributed by atoms with E-state index in [2.05, 4.69) is 15.3 Å². The first kappa shape index (κ1) is 13.6. The Morgan fingerprint density at radius 3 is 2.91 bits per heavy atom. The van der Waals surface area contributed by atoms with Crippen LogP contribution in [0.4, 0.5) is 4.39 Å². The van der Waals surface area contributed by atoms with Crippen molar-refractivity contribution in [3.05, 3.63) is 72.4 Å². The van der Waals surface area contributed by atoms with E-state index in [1.54, 1.807) is 24.5 Å². The van der Waals surface area contributed by atoms with Crippen LogP contribution in [0.15, 0.2) is 61.1 Å². The second-order valence-electron chi connectivity index (χ2n) is 5.41. The molecule has 2 aromatic heterocycles. The summed E-state index contributed by atoms with van der Waals surface area (Å²) in [7, 11) is 0. The Labute approximate surface area is 132 Å². The molecule has 23 heavy (non-hydrogen) atoms. The standard InChI is InChI=1S/C18H13FN4/c1-12-5-6-16(19)18(9-12)23-11-17(21-22-23)15-4-2-3-13-10-20-8-7-14(13)15/h2-11H,1H3. The Balaban J connectivity index is 1.86. The zero-order chi connectivity index (χ0) is 15.8.